The Labute approximate surface area is 198 Å². The lowest BCUT2D eigenvalue weighted by molar-refractivity contribution is 0.0937. The predicted octanol–water partition coefficient (Wildman–Crippen LogP) is 5.72. The number of hydrogen-bond donors (Lipinski definition) is 2. The van der Waals surface area contributed by atoms with Gasteiger partial charge in [0.1, 0.15) is 17.6 Å². The molecule has 0 spiro atoms. The zero-order valence-electron chi connectivity index (χ0n) is 18.9. The first kappa shape index (κ1) is 21.5. The summed E-state index contributed by atoms with van der Waals surface area (Å²) in [6.45, 7) is 1.89. The minimum atomic E-state index is -0.0956. The molecule has 2 N–H and O–H groups in total. The Morgan fingerprint density at radius 2 is 1.79 bits per heavy atom. The Morgan fingerprint density at radius 3 is 2.50 bits per heavy atom. The molecular weight excluding hydrogens is 426 g/mol. The SMILES string of the molecule is Cc1c(C(=O)NC2CCCC2)cn2ncc(C#N)c(Nc3ccc(Oc4ccccc4)cc3)c12. The molecule has 2 aromatic heterocycles. The molecule has 0 atom stereocenters. The Morgan fingerprint density at radius 1 is 1.09 bits per heavy atom. The highest BCUT2D eigenvalue weighted by Crippen LogP contribution is 2.31. The van der Waals surface area contributed by atoms with Crippen LogP contribution in [-0.2, 0) is 0 Å². The molecule has 0 saturated heterocycles. The lowest BCUT2D eigenvalue weighted by Crippen LogP contribution is -2.32. The number of nitrogens with one attached hydrogen (secondary N) is 2. The van der Waals surface area contributed by atoms with Crippen LogP contribution in [-0.4, -0.2) is 21.6 Å². The third-order valence-electron chi connectivity index (χ3n) is 6.22. The highest BCUT2D eigenvalue weighted by molar-refractivity contribution is 6.00. The number of hydrogen-bond acceptors (Lipinski definition) is 5. The van der Waals surface area contributed by atoms with Crippen molar-refractivity contribution in [2.24, 2.45) is 0 Å². The number of nitrogens with zero attached hydrogens (tertiary/aromatic N) is 3. The van der Waals surface area contributed by atoms with Crippen LogP contribution < -0.4 is 15.4 Å². The van der Waals surface area contributed by atoms with E-state index in [1.165, 1.54) is 6.20 Å². The molecule has 1 aliphatic carbocycles. The van der Waals surface area contributed by atoms with Gasteiger partial charge in [0.2, 0.25) is 0 Å². The maximum atomic E-state index is 13.0. The molecule has 0 bridgehead atoms. The molecule has 4 aromatic rings. The number of rotatable bonds is 6. The molecular formula is C27H25N5O2. The molecule has 1 saturated carbocycles. The highest BCUT2D eigenvalue weighted by atomic mass is 16.5. The Balaban J connectivity index is 1.43. The van der Waals surface area contributed by atoms with Crippen LogP contribution in [0.4, 0.5) is 11.4 Å². The van der Waals surface area contributed by atoms with Crippen molar-refractivity contribution in [1.82, 2.24) is 14.9 Å². The van der Waals surface area contributed by atoms with Crippen molar-refractivity contribution in [3.63, 3.8) is 0 Å². The molecule has 7 heteroatoms. The van der Waals surface area contributed by atoms with Gasteiger partial charge in [0, 0.05) is 17.9 Å². The van der Waals surface area contributed by atoms with Crippen LogP contribution in [0.15, 0.2) is 67.0 Å². The maximum Gasteiger partial charge on any atom is 0.253 e. The quantitative estimate of drug-likeness (QED) is 0.391. The van der Waals surface area contributed by atoms with E-state index in [1.54, 1.807) is 10.7 Å². The van der Waals surface area contributed by atoms with Crippen LogP contribution in [0, 0.1) is 18.3 Å². The van der Waals surface area contributed by atoms with Crippen LogP contribution in [0.3, 0.4) is 0 Å². The van der Waals surface area contributed by atoms with E-state index in [1.807, 2.05) is 61.5 Å². The van der Waals surface area contributed by atoms with Gasteiger partial charge in [-0.15, -0.1) is 0 Å². The van der Waals surface area contributed by atoms with Gasteiger partial charge in [0.15, 0.2) is 0 Å². The van der Waals surface area contributed by atoms with E-state index in [2.05, 4.69) is 21.8 Å². The first-order valence-corrected chi connectivity index (χ1v) is 11.4. The number of carbonyl (C=O) groups excluding carboxylic acids is 1. The zero-order valence-corrected chi connectivity index (χ0v) is 18.9. The second-order valence-corrected chi connectivity index (χ2v) is 8.53. The summed E-state index contributed by atoms with van der Waals surface area (Å²) in [5.41, 5.74) is 3.88. The van der Waals surface area contributed by atoms with E-state index in [-0.39, 0.29) is 11.9 Å². The van der Waals surface area contributed by atoms with Gasteiger partial charge >= 0.3 is 0 Å². The highest BCUT2D eigenvalue weighted by Gasteiger charge is 2.23. The lowest BCUT2D eigenvalue weighted by atomic mass is 10.1. The summed E-state index contributed by atoms with van der Waals surface area (Å²) in [6.07, 6.45) is 7.59. The number of nitriles is 1. The number of amides is 1. The summed E-state index contributed by atoms with van der Waals surface area (Å²) in [5.74, 6) is 1.38. The normalized spacial score (nSPS) is 13.5. The van der Waals surface area contributed by atoms with Crippen LogP contribution in [0.1, 0.15) is 47.2 Å². The predicted molar refractivity (Wildman–Crippen MR) is 131 cm³/mol. The molecule has 2 heterocycles. The Bertz CT molecular complexity index is 1360. The summed E-state index contributed by atoms with van der Waals surface area (Å²) in [6, 6.07) is 19.5. The zero-order chi connectivity index (χ0) is 23.5. The fourth-order valence-corrected chi connectivity index (χ4v) is 4.44. The standard InChI is InChI=1S/C27H25N5O2/c1-18-24(27(33)31-20-7-5-6-8-20)17-32-26(18)25(19(15-28)16-29-32)30-21-11-13-23(14-12-21)34-22-9-3-2-4-10-22/h2-4,9-14,16-17,20,30H,5-8H2,1H3,(H,31,33). The van der Waals surface area contributed by atoms with Crippen molar-refractivity contribution < 1.29 is 9.53 Å². The molecule has 0 unspecified atom stereocenters. The minimum Gasteiger partial charge on any atom is -0.457 e. The molecule has 34 heavy (non-hydrogen) atoms. The third-order valence-corrected chi connectivity index (χ3v) is 6.22. The topological polar surface area (TPSA) is 91.5 Å². The fraction of sp³-hybridized carbons (Fsp3) is 0.222. The molecule has 170 valence electrons. The van der Waals surface area contributed by atoms with E-state index in [0.717, 1.165) is 42.7 Å². The average molecular weight is 452 g/mol. The van der Waals surface area contributed by atoms with Gasteiger partial charge in [0.05, 0.1) is 28.5 Å². The molecule has 0 radical (unpaired) electrons. The van der Waals surface area contributed by atoms with Gasteiger partial charge in [-0.25, -0.2) is 4.52 Å². The van der Waals surface area contributed by atoms with Gasteiger partial charge in [-0.1, -0.05) is 31.0 Å². The number of para-hydroxylation sites is 1. The summed E-state index contributed by atoms with van der Waals surface area (Å²) in [4.78, 5) is 13.0. The summed E-state index contributed by atoms with van der Waals surface area (Å²) in [7, 11) is 0. The first-order chi connectivity index (χ1) is 16.6. The molecule has 2 aromatic carbocycles. The van der Waals surface area contributed by atoms with Gasteiger partial charge < -0.3 is 15.4 Å². The number of carbonyl (C=O) groups is 1. The molecule has 7 nitrogen and oxygen atoms in total. The molecule has 5 rings (SSSR count). The summed E-state index contributed by atoms with van der Waals surface area (Å²) in [5, 5.41) is 20.6. The van der Waals surface area contributed by atoms with Gasteiger partial charge in [-0.3, -0.25) is 4.79 Å². The number of benzene rings is 2. The van der Waals surface area contributed by atoms with Crippen molar-refractivity contribution in [2.45, 2.75) is 38.6 Å². The lowest BCUT2D eigenvalue weighted by Gasteiger charge is -2.13. The van der Waals surface area contributed by atoms with Gasteiger partial charge in [-0.05, 0) is 61.7 Å². The average Bonchev–Trinajstić information content (AvgIpc) is 3.49. The number of aromatic nitrogens is 2. The van der Waals surface area contributed by atoms with E-state index < -0.39 is 0 Å². The molecule has 0 aliphatic heterocycles. The number of anilines is 2. The van der Waals surface area contributed by atoms with Crippen molar-refractivity contribution in [3.8, 4) is 17.6 Å². The van der Waals surface area contributed by atoms with Gasteiger partial charge in [0.25, 0.3) is 5.91 Å². The number of aryl methyl sites for hydroxylation is 1. The largest absolute Gasteiger partial charge is 0.457 e. The van der Waals surface area contributed by atoms with Crippen molar-refractivity contribution in [2.75, 3.05) is 5.32 Å². The van der Waals surface area contributed by atoms with E-state index in [4.69, 9.17) is 4.74 Å². The van der Waals surface area contributed by atoms with Crippen molar-refractivity contribution >= 4 is 22.8 Å². The fourth-order valence-electron chi connectivity index (χ4n) is 4.44. The maximum absolute atomic E-state index is 13.0. The monoisotopic (exact) mass is 451 g/mol. The van der Waals surface area contributed by atoms with E-state index >= 15 is 0 Å². The minimum absolute atomic E-state index is 0.0956. The van der Waals surface area contributed by atoms with Crippen molar-refractivity contribution in [3.05, 3.63) is 83.7 Å². The van der Waals surface area contributed by atoms with E-state index in [0.29, 0.717) is 28.1 Å². The van der Waals surface area contributed by atoms with Crippen LogP contribution in [0.5, 0.6) is 11.5 Å². The third kappa shape index (κ3) is 4.30. The molecule has 1 amide bonds. The van der Waals surface area contributed by atoms with Crippen LogP contribution >= 0.6 is 0 Å². The summed E-state index contributed by atoms with van der Waals surface area (Å²) < 4.78 is 7.52. The molecule has 1 fully saturated rings. The summed E-state index contributed by atoms with van der Waals surface area (Å²) >= 11 is 0. The second kappa shape index (κ2) is 9.28. The smallest absolute Gasteiger partial charge is 0.253 e. The Hall–Kier alpha value is -4.31. The Kier molecular flexibility index (Phi) is 5.88. The van der Waals surface area contributed by atoms with Gasteiger partial charge in [-0.2, -0.15) is 10.4 Å². The first-order valence-electron chi connectivity index (χ1n) is 11.4. The van der Waals surface area contributed by atoms with Crippen LogP contribution in [0.2, 0.25) is 0 Å². The number of ether oxygens (including phenoxy) is 1. The second-order valence-electron chi connectivity index (χ2n) is 8.53. The van der Waals surface area contributed by atoms with E-state index in [9.17, 15) is 10.1 Å². The number of fused-ring (bicyclic) bond motifs is 1. The van der Waals surface area contributed by atoms with Crippen LogP contribution in [0.25, 0.3) is 5.52 Å². The molecule has 1 aliphatic rings. The van der Waals surface area contributed by atoms with Crippen molar-refractivity contribution in [1.29, 1.82) is 5.26 Å².